The first kappa shape index (κ1) is 22.8. The molecule has 0 aromatic heterocycles. The highest BCUT2D eigenvalue weighted by atomic mass is 127. The van der Waals surface area contributed by atoms with Crippen molar-refractivity contribution in [1.82, 2.24) is 4.90 Å². The van der Waals surface area contributed by atoms with Crippen molar-refractivity contribution in [2.75, 3.05) is 44.3 Å². The molecule has 26 heavy (non-hydrogen) atoms. The Balaban J connectivity index is 0.00000338. The number of anilines is 1. The highest BCUT2D eigenvalue weighted by Gasteiger charge is 2.34. The normalized spacial score (nSPS) is 15.6. The second kappa shape index (κ2) is 10.2. The predicted molar refractivity (Wildman–Crippen MR) is 108 cm³/mol. The quantitative estimate of drug-likeness (QED) is 0.395. The third kappa shape index (κ3) is 5.90. The van der Waals surface area contributed by atoms with Gasteiger partial charge in [0.1, 0.15) is 0 Å². The lowest BCUT2D eigenvalue weighted by molar-refractivity contribution is -0.138. The second-order valence-corrected chi connectivity index (χ2v) is 5.79. The summed E-state index contributed by atoms with van der Waals surface area (Å²) in [7, 11) is 0. The number of nitrogens with two attached hydrogens (primary N) is 1. The van der Waals surface area contributed by atoms with Gasteiger partial charge in [-0.05, 0) is 31.5 Å². The Hall–Kier alpha value is -1.23. The van der Waals surface area contributed by atoms with Gasteiger partial charge in [-0.3, -0.25) is 0 Å². The van der Waals surface area contributed by atoms with Crippen LogP contribution in [-0.2, 0) is 17.5 Å². The van der Waals surface area contributed by atoms with E-state index in [0.29, 0.717) is 45.1 Å². The Labute approximate surface area is 169 Å². The van der Waals surface area contributed by atoms with Gasteiger partial charge in [0.05, 0.1) is 25.3 Å². The first-order valence-electron chi connectivity index (χ1n) is 8.44. The molecule has 0 aliphatic carbocycles. The molecule has 1 saturated heterocycles. The molecule has 0 bridgehead atoms. The van der Waals surface area contributed by atoms with Gasteiger partial charge in [-0.1, -0.05) is 6.07 Å². The molecule has 9 heteroatoms. The van der Waals surface area contributed by atoms with Crippen LogP contribution in [0.1, 0.15) is 25.0 Å². The van der Waals surface area contributed by atoms with Crippen molar-refractivity contribution in [3.63, 3.8) is 0 Å². The Morgan fingerprint density at radius 1 is 1.23 bits per heavy atom. The first-order chi connectivity index (χ1) is 11.9. The van der Waals surface area contributed by atoms with Gasteiger partial charge in [0, 0.05) is 31.9 Å². The molecule has 1 heterocycles. The molecular weight excluding hydrogens is 460 g/mol. The number of morpholine rings is 1. The van der Waals surface area contributed by atoms with E-state index in [2.05, 4.69) is 4.99 Å². The summed E-state index contributed by atoms with van der Waals surface area (Å²) in [5, 5.41) is 0. The third-order valence-electron chi connectivity index (χ3n) is 4.27. The Kier molecular flexibility index (Phi) is 8.94. The van der Waals surface area contributed by atoms with E-state index in [0.717, 1.165) is 0 Å². The van der Waals surface area contributed by atoms with Gasteiger partial charge in [0.25, 0.3) is 0 Å². The molecule has 5 nitrogen and oxygen atoms in total. The molecule has 1 aliphatic heterocycles. The van der Waals surface area contributed by atoms with Gasteiger partial charge in [-0.2, -0.15) is 13.2 Å². The lowest BCUT2D eigenvalue weighted by Crippen LogP contribution is -2.37. The smallest absolute Gasteiger partial charge is 0.378 e. The molecule has 0 atom stereocenters. The predicted octanol–water partition coefficient (Wildman–Crippen LogP) is 3.32. The summed E-state index contributed by atoms with van der Waals surface area (Å²) >= 11 is 0. The lowest BCUT2D eigenvalue weighted by atomic mass is 10.1. The summed E-state index contributed by atoms with van der Waals surface area (Å²) in [6.45, 7) is 7.28. The standard InChI is InChI=1S/C17H25F3N4O.HI/c1-3-23(4-2)16(21)22-12-13-5-6-14(11-15(13)17(18,19)20)24-7-9-25-10-8-24;/h5-6,11H,3-4,7-10,12H2,1-2H3,(H2,21,22);1H. The van der Waals surface area contributed by atoms with Crippen LogP contribution in [0, 0.1) is 0 Å². The van der Waals surface area contributed by atoms with Crippen LogP contribution in [0.2, 0.25) is 0 Å². The fourth-order valence-corrected chi connectivity index (χ4v) is 2.80. The average Bonchev–Trinajstić information content (AvgIpc) is 2.61. The Morgan fingerprint density at radius 3 is 2.38 bits per heavy atom. The van der Waals surface area contributed by atoms with Gasteiger partial charge in [-0.25, -0.2) is 4.99 Å². The zero-order valence-corrected chi connectivity index (χ0v) is 17.4. The minimum Gasteiger partial charge on any atom is -0.378 e. The van der Waals surface area contributed by atoms with Gasteiger partial charge >= 0.3 is 6.18 Å². The van der Waals surface area contributed by atoms with Crippen molar-refractivity contribution < 1.29 is 17.9 Å². The number of hydrogen-bond donors (Lipinski definition) is 1. The molecule has 1 aromatic rings. The Morgan fingerprint density at radius 2 is 1.85 bits per heavy atom. The SMILES string of the molecule is CCN(CC)C(N)=NCc1ccc(N2CCOCC2)cc1C(F)(F)F.I. The van der Waals surface area contributed by atoms with Crippen molar-refractivity contribution in [1.29, 1.82) is 0 Å². The van der Waals surface area contributed by atoms with Crippen LogP contribution >= 0.6 is 24.0 Å². The maximum absolute atomic E-state index is 13.5. The molecule has 2 rings (SSSR count). The number of nitrogens with zero attached hydrogens (tertiary/aromatic N) is 3. The lowest BCUT2D eigenvalue weighted by Gasteiger charge is -2.29. The van der Waals surface area contributed by atoms with Gasteiger partial charge in [0.15, 0.2) is 5.96 Å². The van der Waals surface area contributed by atoms with Crippen molar-refractivity contribution in [2.24, 2.45) is 10.7 Å². The Bertz CT molecular complexity index is 600. The number of ether oxygens (including phenoxy) is 1. The zero-order valence-electron chi connectivity index (χ0n) is 15.1. The summed E-state index contributed by atoms with van der Waals surface area (Å²) in [5.41, 5.74) is 5.89. The molecule has 0 amide bonds. The first-order valence-corrected chi connectivity index (χ1v) is 8.44. The number of halogens is 4. The van der Waals surface area contributed by atoms with E-state index in [1.54, 1.807) is 11.0 Å². The molecule has 0 unspecified atom stereocenters. The summed E-state index contributed by atoms with van der Waals surface area (Å²) in [6.07, 6.45) is -4.43. The topological polar surface area (TPSA) is 54.1 Å². The molecule has 1 aromatic carbocycles. The molecule has 148 valence electrons. The number of guanidine groups is 1. The minimum atomic E-state index is -4.43. The van der Waals surface area contributed by atoms with Crippen molar-refractivity contribution in [3.8, 4) is 0 Å². The number of benzene rings is 1. The van der Waals surface area contributed by atoms with Crippen LogP contribution in [-0.4, -0.2) is 50.3 Å². The maximum atomic E-state index is 13.5. The van der Waals surface area contributed by atoms with Crippen molar-refractivity contribution in [3.05, 3.63) is 29.3 Å². The summed E-state index contributed by atoms with van der Waals surface area (Å²) < 4.78 is 45.7. The summed E-state index contributed by atoms with van der Waals surface area (Å²) in [5.74, 6) is 0.260. The van der Waals surface area contributed by atoms with Crippen LogP contribution in [0.4, 0.5) is 18.9 Å². The second-order valence-electron chi connectivity index (χ2n) is 5.79. The zero-order chi connectivity index (χ0) is 18.4. The highest BCUT2D eigenvalue weighted by molar-refractivity contribution is 14.0. The van der Waals surface area contributed by atoms with E-state index in [9.17, 15) is 13.2 Å². The van der Waals surface area contributed by atoms with Gasteiger partial charge < -0.3 is 20.3 Å². The van der Waals surface area contributed by atoms with Crippen molar-refractivity contribution >= 4 is 35.6 Å². The molecule has 0 radical (unpaired) electrons. The maximum Gasteiger partial charge on any atom is 0.416 e. The molecular formula is C17H26F3IN4O. The van der Waals surface area contributed by atoms with Gasteiger partial charge in [-0.15, -0.1) is 24.0 Å². The monoisotopic (exact) mass is 486 g/mol. The average molecular weight is 486 g/mol. The van der Waals surface area contributed by atoms with E-state index in [4.69, 9.17) is 10.5 Å². The number of alkyl halides is 3. The van der Waals surface area contributed by atoms with E-state index in [1.165, 1.54) is 12.1 Å². The largest absolute Gasteiger partial charge is 0.416 e. The molecule has 2 N–H and O–H groups in total. The van der Waals surface area contributed by atoms with Crippen LogP contribution in [0.3, 0.4) is 0 Å². The molecule has 0 spiro atoms. The minimum absolute atomic E-state index is 0. The molecule has 0 saturated carbocycles. The van der Waals surface area contributed by atoms with Crippen LogP contribution in [0.15, 0.2) is 23.2 Å². The van der Waals surface area contributed by atoms with E-state index >= 15 is 0 Å². The van der Waals surface area contributed by atoms with Crippen LogP contribution in [0.5, 0.6) is 0 Å². The number of hydrogen-bond acceptors (Lipinski definition) is 3. The fraction of sp³-hybridized carbons (Fsp3) is 0.588. The number of aliphatic imine (C=N–C) groups is 1. The van der Waals surface area contributed by atoms with Gasteiger partial charge in [0.2, 0.25) is 0 Å². The van der Waals surface area contributed by atoms with E-state index < -0.39 is 11.7 Å². The molecule has 1 fully saturated rings. The summed E-state index contributed by atoms with van der Waals surface area (Å²) in [6, 6.07) is 4.40. The number of rotatable bonds is 5. The summed E-state index contributed by atoms with van der Waals surface area (Å²) in [4.78, 5) is 7.84. The highest BCUT2D eigenvalue weighted by Crippen LogP contribution is 2.35. The fourth-order valence-electron chi connectivity index (χ4n) is 2.80. The van der Waals surface area contributed by atoms with Crippen LogP contribution in [0.25, 0.3) is 0 Å². The van der Waals surface area contributed by atoms with E-state index in [-0.39, 0.29) is 42.0 Å². The van der Waals surface area contributed by atoms with E-state index in [1.807, 2.05) is 18.7 Å². The van der Waals surface area contributed by atoms with Crippen LogP contribution < -0.4 is 10.6 Å². The third-order valence-corrected chi connectivity index (χ3v) is 4.27. The molecule has 1 aliphatic rings. The van der Waals surface area contributed by atoms with Crippen molar-refractivity contribution in [2.45, 2.75) is 26.6 Å².